The number of carbonyl (C=O) groups is 1. The topological polar surface area (TPSA) is 35.6 Å². The van der Waals surface area contributed by atoms with Crippen molar-refractivity contribution >= 4 is 6.03 Å². The van der Waals surface area contributed by atoms with Crippen molar-refractivity contribution in [3.05, 3.63) is 0 Å². The maximum Gasteiger partial charge on any atom is 0.317 e. The molecule has 2 saturated heterocycles. The minimum atomic E-state index is 0.151. The standard InChI is InChI=1S/C16H31N3O/c1-13(2)18-8-5-7-15(12-18)10-17-16(20)19-9-4-6-14(3)11-19/h13-15H,4-12H2,1-3H3,(H,17,20)/t14-,15+/m0/s1. The number of carbonyl (C=O) groups excluding carboxylic acids is 1. The lowest BCUT2D eigenvalue weighted by atomic mass is 9.97. The van der Waals surface area contributed by atoms with Gasteiger partial charge in [-0.3, -0.25) is 0 Å². The first-order chi connectivity index (χ1) is 9.56. The van der Waals surface area contributed by atoms with Crippen molar-refractivity contribution in [1.29, 1.82) is 0 Å². The van der Waals surface area contributed by atoms with Crippen LogP contribution in [0.15, 0.2) is 0 Å². The molecule has 116 valence electrons. The fourth-order valence-electron chi connectivity index (χ4n) is 3.45. The molecule has 2 aliphatic rings. The summed E-state index contributed by atoms with van der Waals surface area (Å²) in [5, 5.41) is 3.16. The quantitative estimate of drug-likeness (QED) is 0.863. The summed E-state index contributed by atoms with van der Waals surface area (Å²) in [5.74, 6) is 1.28. The molecule has 2 aliphatic heterocycles. The van der Waals surface area contributed by atoms with Crippen LogP contribution in [0.4, 0.5) is 4.79 Å². The molecule has 0 unspecified atom stereocenters. The number of nitrogens with one attached hydrogen (secondary N) is 1. The molecule has 2 amide bonds. The van der Waals surface area contributed by atoms with Crippen LogP contribution in [0, 0.1) is 11.8 Å². The van der Waals surface area contributed by atoms with Crippen molar-refractivity contribution in [2.75, 3.05) is 32.7 Å². The third kappa shape index (κ3) is 4.37. The molecule has 0 aliphatic carbocycles. The number of hydrogen-bond acceptors (Lipinski definition) is 2. The van der Waals surface area contributed by atoms with Gasteiger partial charge in [-0.15, -0.1) is 0 Å². The highest BCUT2D eigenvalue weighted by Crippen LogP contribution is 2.18. The highest BCUT2D eigenvalue weighted by molar-refractivity contribution is 5.74. The number of likely N-dealkylation sites (tertiary alicyclic amines) is 2. The van der Waals surface area contributed by atoms with Gasteiger partial charge in [-0.05, 0) is 57.9 Å². The number of hydrogen-bond donors (Lipinski definition) is 1. The third-order valence-electron chi connectivity index (χ3n) is 4.77. The molecule has 0 radical (unpaired) electrons. The lowest BCUT2D eigenvalue weighted by molar-refractivity contribution is 0.134. The molecule has 4 heteroatoms. The molecule has 0 spiro atoms. The minimum absolute atomic E-state index is 0.151. The van der Waals surface area contributed by atoms with Crippen LogP contribution < -0.4 is 5.32 Å². The van der Waals surface area contributed by atoms with E-state index in [1.165, 1.54) is 25.8 Å². The molecule has 1 N–H and O–H groups in total. The van der Waals surface area contributed by atoms with Gasteiger partial charge in [-0.1, -0.05) is 6.92 Å². The van der Waals surface area contributed by atoms with Crippen LogP contribution in [0.25, 0.3) is 0 Å². The highest BCUT2D eigenvalue weighted by Gasteiger charge is 2.24. The molecule has 0 aromatic carbocycles. The van der Waals surface area contributed by atoms with E-state index in [4.69, 9.17) is 0 Å². The van der Waals surface area contributed by atoms with E-state index < -0.39 is 0 Å². The van der Waals surface area contributed by atoms with Crippen LogP contribution in [0.2, 0.25) is 0 Å². The summed E-state index contributed by atoms with van der Waals surface area (Å²) in [7, 11) is 0. The summed E-state index contributed by atoms with van der Waals surface area (Å²) in [5.41, 5.74) is 0. The molecule has 0 aromatic rings. The van der Waals surface area contributed by atoms with E-state index in [1.807, 2.05) is 4.90 Å². The maximum atomic E-state index is 12.2. The second-order valence-electron chi connectivity index (χ2n) is 6.98. The van der Waals surface area contributed by atoms with E-state index in [-0.39, 0.29) is 6.03 Å². The molecule has 2 heterocycles. The van der Waals surface area contributed by atoms with E-state index in [0.29, 0.717) is 17.9 Å². The van der Waals surface area contributed by atoms with Gasteiger partial charge in [-0.25, -0.2) is 4.79 Å². The molecule has 2 atom stereocenters. The molecular formula is C16H31N3O. The summed E-state index contributed by atoms with van der Waals surface area (Å²) in [6.45, 7) is 11.8. The Balaban J connectivity index is 1.72. The van der Waals surface area contributed by atoms with Crippen molar-refractivity contribution in [3.8, 4) is 0 Å². The Morgan fingerprint density at radius 3 is 2.65 bits per heavy atom. The third-order valence-corrected chi connectivity index (χ3v) is 4.77. The Morgan fingerprint density at radius 1 is 1.20 bits per heavy atom. The first-order valence-electron chi connectivity index (χ1n) is 8.33. The van der Waals surface area contributed by atoms with Crippen molar-refractivity contribution in [1.82, 2.24) is 15.1 Å². The van der Waals surface area contributed by atoms with Gasteiger partial charge in [0.25, 0.3) is 0 Å². The Bertz CT molecular complexity index is 319. The van der Waals surface area contributed by atoms with Gasteiger partial charge in [0.2, 0.25) is 0 Å². The van der Waals surface area contributed by atoms with Gasteiger partial charge in [-0.2, -0.15) is 0 Å². The van der Waals surface area contributed by atoms with Gasteiger partial charge in [0, 0.05) is 32.2 Å². The predicted octanol–water partition coefficient (Wildman–Crippen LogP) is 2.55. The monoisotopic (exact) mass is 281 g/mol. The Hall–Kier alpha value is -0.770. The molecule has 0 aromatic heterocycles. The number of nitrogens with zero attached hydrogens (tertiary/aromatic N) is 2. The summed E-state index contributed by atoms with van der Waals surface area (Å²) in [6, 6.07) is 0.773. The largest absolute Gasteiger partial charge is 0.338 e. The zero-order chi connectivity index (χ0) is 14.5. The molecule has 0 saturated carbocycles. The average molecular weight is 281 g/mol. The van der Waals surface area contributed by atoms with Gasteiger partial charge >= 0.3 is 6.03 Å². The Kier molecular flexibility index (Phi) is 5.70. The summed E-state index contributed by atoms with van der Waals surface area (Å²) in [6.07, 6.45) is 4.92. The van der Waals surface area contributed by atoms with E-state index in [0.717, 1.165) is 32.6 Å². The highest BCUT2D eigenvalue weighted by atomic mass is 16.2. The molecule has 0 bridgehead atoms. The summed E-state index contributed by atoms with van der Waals surface area (Å²) >= 11 is 0. The zero-order valence-electron chi connectivity index (χ0n) is 13.4. The average Bonchev–Trinajstić information content (AvgIpc) is 2.45. The van der Waals surface area contributed by atoms with Crippen molar-refractivity contribution < 1.29 is 4.79 Å². The fraction of sp³-hybridized carbons (Fsp3) is 0.938. The van der Waals surface area contributed by atoms with Gasteiger partial charge in [0.15, 0.2) is 0 Å². The Morgan fingerprint density at radius 2 is 1.95 bits per heavy atom. The fourth-order valence-corrected chi connectivity index (χ4v) is 3.45. The first-order valence-corrected chi connectivity index (χ1v) is 8.33. The predicted molar refractivity (Wildman–Crippen MR) is 82.8 cm³/mol. The molecular weight excluding hydrogens is 250 g/mol. The van der Waals surface area contributed by atoms with E-state index in [1.54, 1.807) is 0 Å². The van der Waals surface area contributed by atoms with Crippen LogP contribution in [0.3, 0.4) is 0 Å². The zero-order valence-corrected chi connectivity index (χ0v) is 13.4. The van der Waals surface area contributed by atoms with Crippen LogP contribution in [0.1, 0.15) is 46.5 Å². The normalized spacial score (nSPS) is 28.7. The second kappa shape index (κ2) is 7.30. The number of rotatable bonds is 3. The molecule has 2 fully saturated rings. The maximum absolute atomic E-state index is 12.2. The van der Waals surface area contributed by atoms with Crippen LogP contribution in [-0.4, -0.2) is 54.6 Å². The van der Waals surface area contributed by atoms with Crippen molar-refractivity contribution in [2.45, 2.75) is 52.5 Å². The smallest absolute Gasteiger partial charge is 0.317 e. The number of urea groups is 1. The van der Waals surface area contributed by atoms with Gasteiger partial charge in [0.05, 0.1) is 0 Å². The van der Waals surface area contributed by atoms with Crippen molar-refractivity contribution in [2.24, 2.45) is 11.8 Å². The lowest BCUT2D eigenvalue weighted by Crippen LogP contribution is -2.48. The van der Waals surface area contributed by atoms with Crippen LogP contribution in [-0.2, 0) is 0 Å². The summed E-state index contributed by atoms with van der Waals surface area (Å²) < 4.78 is 0. The molecule has 20 heavy (non-hydrogen) atoms. The van der Waals surface area contributed by atoms with Crippen LogP contribution in [0.5, 0.6) is 0 Å². The SMILES string of the molecule is CC(C)N1CCC[C@H](CNC(=O)N2CCC[C@H](C)C2)C1. The van der Waals surface area contributed by atoms with Gasteiger partial charge < -0.3 is 15.1 Å². The van der Waals surface area contributed by atoms with E-state index in [2.05, 4.69) is 31.0 Å². The van der Waals surface area contributed by atoms with Crippen LogP contribution >= 0.6 is 0 Å². The molecule has 4 nitrogen and oxygen atoms in total. The second-order valence-corrected chi connectivity index (χ2v) is 6.98. The summed E-state index contributed by atoms with van der Waals surface area (Å²) in [4.78, 5) is 16.7. The van der Waals surface area contributed by atoms with Gasteiger partial charge in [0.1, 0.15) is 0 Å². The number of piperidine rings is 2. The van der Waals surface area contributed by atoms with E-state index >= 15 is 0 Å². The number of amides is 2. The molecule has 2 rings (SSSR count). The van der Waals surface area contributed by atoms with Crippen molar-refractivity contribution in [3.63, 3.8) is 0 Å². The lowest BCUT2D eigenvalue weighted by Gasteiger charge is -2.36. The van der Waals surface area contributed by atoms with E-state index in [9.17, 15) is 4.79 Å². The first kappa shape index (κ1) is 15.6. The Labute approximate surface area is 123 Å². The minimum Gasteiger partial charge on any atom is -0.338 e.